The lowest BCUT2D eigenvalue weighted by Gasteiger charge is -2.22. The minimum atomic E-state index is -0.858. The predicted octanol–water partition coefficient (Wildman–Crippen LogP) is 2.12. The molecule has 0 saturated heterocycles. The first kappa shape index (κ1) is 24.6. The van der Waals surface area contributed by atoms with Gasteiger partial charge in [0, 0.05) is 6.54 Å². The van der Waals surface area contributed by atoms with Crippen LogP contribution in [-0.4, -0.2) is 62.2 Å². The Morgan fingerprint density at radius 2 is 1.88 bits per heavy atom. The smallest absolute Gasteiger partial charge is 0.421 e. The van der Waals surface area contributed by atoms with Crippen LogP contribution in [0.15, 0.2) is 36.7 Å². The molecule has 180 valence electrons. The first-order chi connectivity index (χ1) is 16.4. The maximum absolute atomic E-state index is 13.2. The van der Waals surface area contributed by atoms with Gasteiger partial charge in [0.25, 0.3) is 0 Å². The van der Waals surface area contributed by atoms with E-state index in [1.165, 1.54) is 11.3 Å². The topological polar surface area (TPSA) is 155 Å². The molecule has 12 nitrogen and oxygen atoms in total. The van der Waals surface area contributed by atoms with E-state index < -0.39 is 18.0 Å². The Bertz CT molecular complexity index is 1100. The fraction of sp³-hybridized carbons (Fsp3) is 0.364. The van der Waals surface area contributed by atoms with Crippen molar-refractivity contribution >= 4 is 23.8 Å². The number of ether oxygens (including phenoxy) is 2. The van der Waals surface area contributed by atoms with E-state index in [9.17, 15) is 14.4 Å². The van der Waals surface area contributed by atoms with Gasteiger partial charge < -0.3 is 15.2 Å². The molecular formula is C22H27N7O5. The van der Waals surface area contributed by atoms with Gasteiger partial charge in [-0.3, -0.25) is 10.2 Å². The summed E-state index contributed by atoms with van der Waals surface area (Å²) in [6.45, 7) is 3.94. The normalized spacial score (nSPS) is 10.9. The van der Waals surface area contributed by atoms with E-state index in [0.29, 0.717) is 0 Å². The van der Waals surface area contributed by atoms with Crippen LogP contribution in [0.2, 0.25) is 0 Å². The SMILES string of the molecule is CCCCOC(=O)NN(CC)CC(=O)n1c(C(=O)OCc2ccccc2)nc2ncnc-2c1N. The highest BCUT2D eigenvalue weighted by atomic mass is 16.6. The van der Waals surface area contributed by atoms with E-state index in [-0.39, 0.29) is 49.5 Å². The number of imidazole rings is 1. The summed E-state index contributed by atoms with van der Waals surface area (Å²) >= 11 is 0. The fourth-order valence-electron chi connectivity index (χ4n) is 3.00. The van der Waals surface area contributed by atoms with Crippen molar-refractivity contribution in [1.29, 1.82) is 0 Å². The number of likely N-dealkylation sites (N-methyl/N-ethyl adjacent to an activating group) is 1. The number of rotatable bonds is 10. The van der Waals surface area contributed by atoms with E-state index in [2.05, 4.69) is 20.4 Å². The molecule has 2 aliphatic heterocycles. The van der Waals surface area contributed by atoms with Gasteiger partial charge >= 0.3 is 12.1 Å². The van der Waals surface area contributed by atoms with Crippen molar-refractivity contribution < 1.29 is 23.9 Å². The van der Waals surface area contributed by atoms with Gasteiger partial charge in [-0.15, -0.1) is 0 Å². The Balaban J connectivity index is 1.81. The van der Waals surface area contributed by atoms with Gasteiger partial charge in [-0.25, -0.2) is 34.1 Å². The van der Waals surface area contributed by atoms with Gasteiger partial charge in [0.05, 0.1) is 13.2 Å². The molecule has 3 rings (SSSR count). The van der Waals surface area contributed by atoms with Crippen LogP contribution in [0.1, 0.15) is 47.7 Å². The molecule has 0 bridgehead atoms. The van der Waals surface area contributed by atoms with Crippen LogP contribution in [0.25, 0.3) is 11.5 Å². The zero-order valence-corrected chi connectivity index (χ0v) is 19.1. The number of carbonyl (C=O) groups excluding carboxylic acids is 3. The molecule has 0 aliphatic carbocycles. The number of nitrogens with zero attached hydrogens (tertiary/aromatic N) is 5. The molecule has 1 aromatic rings. The standard InChI is InChI=1S/C22H27N7O5/c1-3-5-11-33-22(32)27-28(4-2)12-16(30)29-18(23)17-19(25-14-24-17)26-20(29)21(31)34-13-15-9-7-6-8-10-15/h6-10,14H,3-5,11-13,23H2,1-2H3,(H,27,32). The molecule has 0 aromatic heterocycles. The number of aromatic nitrogens is 4. The monoisotopic (exact) mass is 469 g/mol. The number of hydrazine groups is 1. The number of carbonyl (C=O) groups is 3. The summed E-state index contributed by atoms with van der Waals surface area (Å²) in [5, 5.41) is 1.34. The molecule has 0 fully saturated rings. The molecule has 0 spiro atoms. The highest BCUT2D eigenvalue weighted by Gasteiger charge is 2.28. The van der Waals surface area contributed by atoms with Crippen molar-refractivity contribution in [1.82, 2.24) is 30.0 Å². The number of nitrogen functional groups attached to an aromatic ring is 1. The number of anilines is 1. The lowest BCUT2D eigenvalue weighted by molar-refractivity contribution is 0.0442. The van der Waals surface area contributed by atoms with E-state index in [1.54, 1.807) is 19.1 Å². The van der Waals surface area contributed by atoms with Crippen LogP contribution >= 0.6 is 0 Å². The number of amides is 1. The zero-order valence-electron chi connectivity index (χ0n) is 19.1. The van der Waals surface area contributed by atoms with Gasteiger partial charge in [0.15, 0.2) is 11.5 Å². The summed E-state index contributed by atoms with van der Waals surface area (Å²) in [4.78, 5) is 50.2. The predicted molar refractivity (Wildman–Crippen MR) is 122 cm³/mol. The largest absolute Gasteiger partial charge is 0.455 e. The van der Waals surface area contributed by atoms with Crippen molar-refractivity contribution in [2.75, 3.05) is 25.4 Å². The minimum Gasteiger partial charge on any atom is -0.455 e. The van der Waals surface area contributed by atoms with E-state index in [0.717, 1.165) is 23.0 Å². The number of hydrogen-bond acceptors (Lipinski definition) is 10. The number of fused-ring (bicyclic) bond motifs is 1. The summed E-state index contributed by atoms with van der Waals surface area (Å²) in [5.41, 5.74) is 9.61. The van der Waals surface area contributed by atoms with Crippen molar-refractivity contribution in [3.8, 4) is 11.5 Å². The summed E-state index contributed by atoms with van der Waals surface area (Å²) in [7, 11) is 0. The average Bonchev–Trinajstić information content (AvgIpc) is 3.32. The number of nitrogens with two attached hydrogens (primary N) is 1. The molecule has 1 amide bonds. The Kier molecular flexibility index (Phi) is 8.46. The molecule has 0 atom stereocenters. The first-order valence-corrected chi connectivity index (χ1v) is 10.9. The molecule has 0 unspecified atom stereocenters. The third-order valence-electron chi connectivity index (χ3n) is 4.82. The van der Waals surface area contributed by atoms with E-state index in [4.69, 9.17) is 15.2 Å². The van der Waals surface area contributed by atoms with E-state index >= 15 is 0 Å². The summed E-state index contributed by atoms with van der Waals surface area (Å²) in [6.07, 6.45) is 2.15. The second-order valence-electron chi connectivity index (χ2n) is 7.27. The highest BCUT2D eigenvalue weighted by Crippen LogP contribution is 2.24. The van der Waals surface area contributed by atoms with Gasteiger partial charge in [-0.05, 0) is 12.0 Å². The zero-order chi connectivity index (χ0) is 24.5. The third-order valence-corrected chi connectivity index (χ3v) is 4.82. The Morgan fingerprint density at radius 1 is 1.12 bits per heavy atom. The second-order valence-corrected chi connectivity index (χ2v) is 7.27. The van der Waals surface area contributed by atoms with Gasteiger partial charge in [0.2, 0.25) is 11.7 Å². The molecular weight excluding hydrogens is 442 g/mol. The van der Waals surface area contributed by atoms with Crippen LogP contribution < -0.4 is 11.2 Å². The lowest BCUT2D eigenvalue weighted by Crippen LogP contribution is -2.46. The summed E-state index contributed by atoms with van der Waals surface area (Å²) < 4.78 is 11.4. The van der Waals surface area contributed by atoms with Crippen LogP contribution in [0.5, 0.6) is 0 Å². The quantitative estimate of drug-likeness (QED) is 0.256. The molecule has 12 heteroatoms. The third kappa shape index (κ3) is 6.04. The molecule has 34 heavy (non-hydrogen) atoms. The maximum atomic E-state index is 13.2. The van der Waals surface area contributed by atoms with Crippen molar-refractivity contribution in [2.24, 2.45) is 0 Å². The summed E-state index contributed by atoms with van der Waals surface area (Å²) in [5.74, 6) is -1.83. The molecule has 2 heterocycles. The Morgan fingerprint density at radius 3 is 2.59 bits per heavy atom. The Labute approximate surface area is 196 Å². The van der Waals surface area contributed by atoms with Crippen molar-refractivity contribution in [2.45, 2.75) is 33.3 Å². The van der Waals surface area contributed by atoms with Gasteiger partial charge in [-0.2, -0.15) is 0 Å². The molecule has 0 radical (unpaired) electrons. The number of benzene rings is 1. The molecule has 1 aromatic carbocycles. The second kappa shape index (κ2) is 11.7. The Hall–Kier alpha value is -4.06. The number of nitrogens with one attached hydrogen (secondary N) is 1. The summed E-state index contributed by atoms with van der Waals surface area (Å²) in [6, 6.07) is 9.06. The van der Waals surface area contributed by atoms with Gasteiger partial charge in [0.1, 0.15) is 18.8 Å². The highest BCUT2D eigenvalue weighted by molar-refractivity contribution is 5.96. The fourth-order valence-corrected chi connectivity index (χ4v) is 3.00. The van der Waals surface area contributed by atoms with Crippen LogP contribution in [0, 0.1) is 0 Å². The lowest BCUT2D eigenvalue weighted by atomic mass is 10.2. The number of esters is 1. The van der Waals surface area contributed by atoms with Crippen molar-refractivity contribution in [3.05, 3.63) is 48.0 Å². The minimum absolute atomic E-state index is 0.0214. The average molecular weight is 470 g/mol. The molecule has 0 saturated carbocycles. The van der Waals surface area contributed by atoms with Crippen LogP contribution in [0.3, 0.4) is 0 Å². The van der Waals surface area contributed by atoms with Gasteiger partial charge in [-0.1, -0.05) is 50.6 Å². The van der Waals surface area contributed by atoms with E-state index in [1.807, 2.05) is 25.1 Å². The van der Waals surface area contributed by atoms with Crippen molar-refractivity contribution in [3.63, 3.8) is 0 Å². The number of unbranched alkanes of at least 4 members (excludes halogenated alkanes) is 1. The maximum Gasteiger partial charge on any atom is 0.421 e. The van der Waals surface area contributed by atoms with Crippen LogP contribution in [0.4, 0.5) is 10.6 Å². The number of hydrogen-bond donors (Lipinski definition) is 2. The first-order valence-electron chi connectivity index (χ1n) is 10.9. The molecule has 2 aliphatic rings. The molecule has 3 N–H and O–H groups in total. The van der Waals surface area contributed by atoms with Crippen LogP contribution in [-0.2, 0) is 16.1 Å².